The van der Waals surface area contributed by atoms with Gasteiger partial charge in [-0.3, -0.25) is 5.10 Å². The second-order valence-electron chi connectivity index (χ2n) is 6.23. The van der Waals surface area contributed by atoms with Crippen molar-refractivity contribution >= 4 is 0 Å². The fourth-order valence-electron chi connectivity index (χ4n) is 3.30. The average molecular weight is 283 g/mol. The van der Waals surface area contributed by atoms with Gasteiger partial charge < -0.3 is 5.32 Å². The number of hydrogen-bond acceptors (Lipinski definition) is 2. The number of hydrogen-bond donors (Lipinski definition) is 2. The first-order valence-corrected chi connectivity index (χ1v) is 8.15. The Morgan fingerprint density at radius 2 is 1.90 bits per heavy atom. The topological polar surface area (TPSA) is 40.7 Å². The van der Waals surface area contributed by atoms with E-state index in [0.29, 0.717) is 6.04 Å². The van der Waals surface area contributed by atoms with Gasteiger partial charge >= 0.3 is 0 Å². The minimum atomic E-state index is 0.623. The smallest absolute Gasteiger partial charge is 0.0650 e. The van der Waals surface area contributed by atoms with Crippen molar-refractivity contribution in [1.82, 2.24) is 15.5 Å². The van der Waals surface area contributed by atoms with E-state index in [9.17, 15) is 0 Å². The van der Waals surface area contributed by atoms with Crippen LogP contribution < -0.4 is 5.32 Å². The number of nitrogens with one attached hydrogen (secondary N) is 2. The molecule has 1 fully saturated rings. The summed E-state index contributed by atoms with van der Waals surface area (Å²) in [7, 11) is 0. The lowest BCUT2D eigenvalue weighted by molar-refractivity contribution is 0.280. The van der Waals surface area contributed by atoms with Crippen LogP contribution in [0.3, 0.4) is 0 Å². The summed E-state index contributed by atoms with van der Waals surface area (Å²) >= 11 is 0. The predicted octanol–water partition coefficient (Wildman–Crippen LogP) is 4.14. The summed E-state index contributed by atoms with van der Waals surface area (Å²) in [5.41, 5.74) is 3.61. The highest BCUT2D eigenvalue weighted by Crippen LogP contribution is 2.26. The molecule has 1 aromatic heterocycles. The Labute approximate surface area is 127 Å². The number of nitrogens with zero attached hydrogens (tertiary/aromatic N) is 1. The highest BCUT2D eigenvalue weighted by Gasteiger charge is 2.19. The van der Waals surface area contributed by atoms with Gasteiger partial charge in [-0.2, -0.15) is 5.10 Å². The molecule has 3 heteroatoms. The van der Waals surface area contributed by atoms with Gasteiger partial charge in [-0.1, -0.05) is 43.5 Å². The number of rotatable bonds is 5. The number of aromatic nitrogens is 2. The molecular weight excluding hydrogens is 258 g/mol. The van der Waals surface area contributed by atoms with E-state index in [1.54, 1.807) is 6.20 Å². The van der Waals surface area contributed by atoms with Crippen LogP contribution in [-0.2, 0) is 6.54 Å². The number of aromatic amines is 1. The van der Waals surface area contributed by atoms with Gasteiger partial charge in [0.15, 0.2) is 0 Å². The second-order valence-corrected chi connectivity index (χ2v) is 6.23. The van der Waals surface area contributed by atoms with Gasteiger partial charge in [-0.25, -0.2) is 0 Å². The summed E-state index contributed by atoms with van der Waals surface area (Å²) in [6.45, 7) is 3.30. The fraction of sp³-hybridized carbons (Fsp3) is 0.500. The van der Waals surface area contributed by atoms with Crippen molar-refractivity contribution in [3.05, 3.63) is 42.1 Å². The monoisotopic (exact) mass is 283 g/mol. The zero-order valence-corrected chi connectivity index (χ0v) is 12.8. The molecule has 0 radical (unpaired) electrons. The summed E-state index contributed by atoms with van der Waals surface area (Å²) in [6.07, 6.45) is 8.83. The summed E-state index contributed by atoms with van der Waals surface area (Å²) < 4.78 is 0. The largest absolute Gasteiger partial charge is 0.310 e. The molecule has 0 bridgehead atoms. The van der Waals surface area contributed by atoms with Gasteiger partial charge in [0.1, 0.15) is 0 Å². The third-order valence-corrected chi connectivity index (χ3v) is 4.75. The van der Waals surface area contributed by atoms with E-state index >= 15 is 0 Å². The summed E-state index contributed by atoms with van der Waals surface area (Å²) in [5.74, 6) is 0.864. The van der Waals surface area contributed by atoms with Gasteiger partial charge in [0.05, 0.1) is 5.69 Å². The van der Waals surface area contributed by atoms with Crippen LogP contribution in [0.25, 0.3) is 11.3 Å². The van der Waals surface area contributed by atoms with E-state index in [1.165, 1.54) is 43.2 Å². The minimum absolute atomic E-state index is 0.623. The normalized spacial score (nSPS) is 17.8. The molecule has 0 aliphatic heterocycles. The summed E-state index contributed by atoms with van der Waals surface area (Å²) in [5, 5.41) is 10.7. The van der Waals surface area contributed by atoms with Crippen LogP contribution in [0.4, 0.5) is 0 Å². The molecule has 0 spiro atoms. The van der Waals surface area contributed by atoms with E-state index in [-0.39, 0.29) is 0 Å². The van der Waals surface area contributed by atoms with Gasteiger partial charge in [0, 0.05) is 18.8 Å². The quantitative estimate of drug-likeness (QED) is 0.866. The Hall–Kier alpha value is -1.61. The van der Waals surface area contributed by atoms with Gasteiger partial charge in [0.2, 0.25) is 0 Å². The van der Waals surface area contributed by atoms with E-state index in [1.807, 2.05) is 6.07 Å². The molecule has 1 heterocycles. The maximum atomic E-state index is 3.99. The lowest BCUT2D eigenvalue weighted by atomic mass is 9.84. The average Bonchev–Trinajstić information content (AvgIpc) is 3.08. The van der Waals surface area contributed by atoms with Crippen molar-refractivity contribution in [3.63, 3.8) is 0 Å². The minimum Gasteiger partial charge on any atom is -0.310 e. The van der Waals surface area contributed by atoms with Gasteiger partial charge in [0.25, 0.3) is 0 Å². The van der Waals surface area contributed by atoms with Crippen molar-refractivity contribution in [2.24, 2.45) is 5.92 Å². The fourth-order valence-corrected chi connectivity index (χ4v) is 3.30. The van der Waals surface area contributed by atoms with E-state index in [2.05, 4.69) is 46.7 Å². The SMILES string of the molecule is CC(NCc1ccc(-c2ccn[nH]2)cc1)C1CCCCC1. The van der Waals surface area contributed by atoms with Crippen LogP contribution in [0.5, 0.6) is 0 Å². The van der Waals surface area contributed by atoms with E-state index < -0.39 is 0 Å². The Bertz CT molecular complexity index is 524. The van der Waals surface area contributed by atoms with Crippen LogP contribution in [0.1, 0.15) is 44.6 Å². The molecule has 0 saturated heterocycles. The first-order chi connectivity index (χ1) is 10.3. The zero-order valence-electron chi connectivity index (χ0n) is 12.8. The van der Waals surface area contributed by atoms with Crippen LogP contribution in [0, 0.1) is 5.92 Å². The zero-order chi connectivity index (χ0) is 14.5. The molecule has 1 aromatic carbocycles. The standard InChI is InChI=1S/C18H25N3/c1-14(16-5-3-2-4-6-16)19-13-15-7-9-17(10-8-15)18-11-12-20-21-18/h7-12,14,16,19H,2-6,13H2,1H3,(H,20,21). The third-order valence-electron chi connectivity index (χ3n) is 4.75. The molecule has 112 valence electrons. The molecule has 21 heavy (non-hydrogen) atoms. The van der Waals surface area contributed by atoms with E-state index in [4.69, 9.17) is 0 Å². The summed E-state index contributed by atoms with van der Waals surface area (Å²) in [4.78, 5) is 0. The van der Waals surface area contributed by atoms with Crippen LogP contribution >= 0.6 is 0 Å². The van der Waals surface area contributed by atoms with Crippen molar-refractivity contribution in [2.45, 2.75) is 51.6 Å². The third kappa shape index (κ3) is 3.73. The Morgan fingerprint density at radius 1 is 1.14 bits per heavy atom. The first-order valence-electron chi connectivity index (χ1n) is 8.15. The van der Waals surface area contributed by atoms with Gasteiger partial charge in [-0.15, -0.1) is 0 Å². The van der Waals surface area contributed by atoms with E-state index in [0.717, 1.165) is 18.2 Å². The highest BCUT2D eigenvalue weighted by molar-refractivity contribution is 5.58. The molecule has 2 N–H and O–H groups in total. The van der Waals surface area contributed by atoms with Crippen LogP contribution in [0.15, 0.2) is 36.5 Å². The molecule has 3 rings (SSSR count). The van der Waals surface area contributed by atoms with Crippen molar-refractivity contribution in [2.75, 3.05) is 0 Å². The van der Waals surface area contributed by atoms with Gasteiger partial charge in [-0.05, 0) is 42.9 Å². The maximum Gasteiger partial charge on any atom is 0.0650 e. The highest BCUT2D eigenvalue weighted by atomic mass is 15.1. The van der Waals surface area contributed by atoms with Crippen LogP contribution in [-0.4, -0.2) is 16.2 Å². The first kappa shape index (κ1) is 14.3. The number of benzene rings is 1. The van der Waals surface area contributed by atoms with Crippen molar-refractivity contribution in [3.8, 4) is 11.3 Å². The lowest BCUT2D eigenvalue weighted by Crippen LogP contribution is -2.34. The molecule has 0 amide bonds. The molecule has 1 saturated carbocycles. The molecular formula is C18H25N3. The molecule has 1 aliphatic carbocycles. The molecule has 1 atom stereocenters. The summed E-state index contributed by atoms with van der Waals surface area (Å²) in [6, 6.07) is 11.4. The predicted molar refractivity (Wildman–Crippen MR) is 86.9 cm³/mol. The lowest BCUT2D eigenvalue weighted by Gasteiger charge is -2.28. The Balaban J connectivity index is 1.53. The Kier molecular flexibility index (Phi) is 4.71. The van der Waals surface area contributed by atoms with Crippen molar-refractivity contribution < 1.29 is 0 Å². The molecule has 3 nitrogen and oxygen atoms in total. The van der Waals surface area contributed by atoms with Crippen molar-refractivity contribution in [1.29, 1.82) is 0 Å². The second kappa shape index (κ2) is 6.90. The Morgan fingerprint density at radius 3 is 2.57 bits per heavy atom. The molecule has 2 aromatic rings. The number of H-pyrrole nitrogens is 1. The molecule has 1 aliphatic rings. The van der Waals surface area contributed by atoms with Crippen LogP contribution in [0.2, 0.25) is 0 Å². The molecule has 1 unspecified atom stereocenters. The maximum absolute atomic E-state index is 3.99.